The number of unbranched alkanes of at least 4 members (excludes halogenated alkanes) is 11. The molecular weight excluding hydrogens is 771 g/mol. The fraction of sp³-hybridized carbons (Fsp3) is 0.780. The summed E-state index contributed by atoms with van der Waals surface area (Å²) in [4.78, 5) is 40.7. The van der Waals surface area contributed by atoms with Crippen molar-refractivity contribution in [2.75, 3.05) is 13.2 Å². The Bertz CT molecular complexity index is 1420. The second-order valence-electron chi connectivity index (χ2n) is 15.8. The van der Waals surface area contributed by atoms with Crippen LogP contribution in [0, 0.1) is 0 Å². The molecule has 16 heteroatoms. The molecular formula is C41H67N3O11SSi. The lowest BCUT2D eigenvalue weighted by molar-refractivity contribution is -0.230. The normalized spacial score (nSPS) is 24.9. The van der Waals surface area contributed by atoms with Gasteiger partial charge in [-0.3, -0.25) is 14.4 Å². The van der Waals surface area contributed by atoms with Gasteiger partial charge in [-0.15, -0.1) is 0 Å². The van der Waals surface area contributed by atoms with Crippen molar-refractivity contribution >= 4 is 38.2 Å². The summed E-state index contributed by atoms with van der Waals surface area (Å²) in [5.74, 6) is -2.70. The molecule has 2 heterocycles. The molecule has 0 aliphatic carbocycles. The van der Waals surface area contributed by atoms with Gasteiger partial charge in [0.15, 0.2) is 18.0 Å². The average molecular weight is 838 g/mol. The van der Waals surface area contributed by atoms with Gasteiger partial charge in [0.2, 0.25) is 0 Å². The Kier molecular flexibility index (Phi) is 21.4. The van der Waals surface area contributed by atoms with Crippen LogP contribution in [0.1, 0.15) is 125 Å². The molecule has 322 valence electrons. The lowest BCUT2D eigenvalue weighted by Crippen LogP contribution is -2.63. The monoisotopic (exact) mass is 837 g/mol. The maximum Gasteiger partial charge on any atom is 0.332 e. The van der Waals surface area contributed by atoms with Crippen LogP contribution < -0.4 is 0 Å². The number of esters is 3. The lowest BCUT2D eigenvalue weighted by Gasteiger charge is -2.46. The zero-order valence-corrected chi connectivity index (χ0v) is 37.2. The number of nitrogens with zero attached hydrogens (tertiary/aromatic N) is 3. The zero-order valence-electron chi connectivity index (χ0n) is 35.4. The molecule has 3 rings (SSSR count). The summed E-state index contributed by atoms with van der Waals surface area (Å²) in [6, 6.07) is 8.71. The van der Waals surface area contributed by atoms with E-state index in [0.717, 1.165) is 24.2 Å². The molecule has 2 aliphatic heterocycles. The molecule has 1 aromatic rings. The van der Waals surface area contributed by atoms with Crippen LogP contribution in [0.5, 0.6) is 0 Å². The van der Waals surface area contributed by atoms with Gasteiger partial charge in [-0.25, -0.2) is 0 Å². The molecule has 0 amide bonds. The number of ether oxygens (including phenoxy) is 6. The van der Waals surface area contributed by atoms with E-state index in [1.165, 1.54) is 96.7 Å². The van der Waals surface area contributed by atoms with Crippen LogP contribution in [0.15, 0.2) is 40.3 Å². The van der Waals surface area contributed by atoms with Crippen LogP contribution in [0.3, 0.4) is 0 Å². The number of hydrogen-bond acceptors (Lipinski definition) is 13. The van der Waals surface area contributed by atoms with Gasteiger partial charge in [0.1, 0.15) is 24.3 Å². The van der Waals surface area contributed by atoms with E-state index in [-0.39, 0.29) is 19.3 Å². The summed E-state index contributed by atoms with van der Waals surface area (Å²) >= 11 is 1.32. The lowest BCUT2D eigenvalue weighted by atomic mass is 9.99. The van der Waals surface area contributed by atoms with Crippen molar-refractivity contribution in [3.05, 3.63) is 40.8 Å². The molecule has 8 atom stereocenters. The highest BCUT2D eigenvalue weighted by Gasteiger charge is 2.53. The van der Waals surface area contributed by atoms with Gasteiger partial charge in [0, 0.05) is 37.2 Å². The van der Waals surface area contributed by atoms with Crippen molar-refractivity contribution in [3.63, 3.8) is 0 Å². The number of azide groups is 1. The molecule has 2 saturated heterocycles. The first-order valence-corrected chi connectivity index (χ1v) is 24.4. The van der Waals surface area contributed by atoms with Crippen molar-refractivity contribution in [3.8, 4) is 0 Å². The first-order chi connectivity index (χ1) is 27.1. The molecule has 3 unspecified atom stereocenters. The van der Waals surface area contributed by atoms with Crippen molar-refractivity contribution in [2.24, 2.45) is 5.11 Å². The number of benzene rings is 1. The van der Waals surface area contributed by atoms with Crippen LogP contribution in [0.2, 0.25) is 13.1 Å². The highest BCUT2D eigenvalue weighted by atomic mass is 32.2. The average Bonchev–Trinajstić information content (AvgIpc) is 3.45. The van der Waals surface area contributed by atoms with Crippen LogP contribution in [-0.4, -0.2) is 93.6 Å². The van der Waals surface area contributed by atoms with Crippen LogP contribution in [0.4, 0.5) is 0 Å². The molecule has 0 aromatic heterocycles. The quantitative estimate of drug-likeness (QED) is 0.0165. The zero-order chi connectivity index (χ0) is 41.8. The summed E-state index contributed by atoms with van der Waals surface area (Å²) in [7, 11) is -3.22. The maximum atomic E-state index is 12.6. The summed E-state index contributed by atoms with van der Waals surface area (Å²) < 4.78 is 49.2. The molecule has 2 fully saturated rings. The van der Waals surface area contributed by atoms with E-state index < -0.39 is 74.3 Å². The van der Waals surface area contributed by atoms with E-state index in [2.05, 4.69) is 16.9 Å². The molecule has 57 heavy (non-hydrogen) atoms. The number of thioether (sulfide) groups is 1. The Balaban J connectivity index is 1.72. The largest absolute Gasteiger partial charge is 0.463 e. The first-order valence-electron chi connectivity index (χ1n) is 20.7. The van der Waals surface area contributed by atoms with Crippen LogP contribution in [-0.2, 0) is 51.7 Å². The van der Waals surface area contributed by atoms with E-state index >= 15 is 0 Å². The van der Waals surface area contributed by atoms with E-state index in [1.54, 1.807) is 0 Å². The minimum absolute atomic E-state index is 0.0207. The predicted molar refractivity (Wildman–Crippen MR) is 219 cm³/mol. The van der Waals surface area contributed by atoms with E-state index in [1.807, 2.05) is 57.3 Å². The number of carbonyl (C=O) groups excluding carboxylic acids is 3. The summed E-state index contributed by atoms with van der Waals surface area (Å²) in [5, 5.41) is 4.12. The summed E-state index contributed by atoms with van der Waals surface area (Å²) in [6.45, 7) is 13.1. The van der Waals surface area contributed by atoms with Crippen molar-refractivity contribution in [1.82, 2.24) is 0 Å². The third kappa shape index (κ3) is 18.0. The Morgan fingerprint density at radius 1 is 0.825 bits per heavy atom. The molecule has 0 N–H and O–H groups in total. The van der Waals surface area contributed by atoms with Gasteiger partial charge in [0.25, 0.3) is 0 Å². The smallest absolute Gasteiger partial charge is 0.332 e. The number of carbonyl (C=O) groups is 3. The van der Waals surface area contributed by atoms with E-state index in [9.17, 15) is 19.9 Å². The van der Waals surface area contributed by atoms with Gasteiger partial charge in [-0.1, -0.05) is 119 Å². The summed E-state index contributed by atoms with van der Waals surface area (Å²) in [5.41, 5.74) is 8.82. The summed E-state index contributed by atoms with van der Waals surface area (Å²) in [6.07, 6.45) is 10.6. The third-order valence-electron chi connectivity index (χ3n) is 9.81. The van der Waals surface area contributed by atoms with Gasteiger partial charge < -0.3 is 37.3 Å². The molecule has 0 bridgehead atoms. The van der Waals surface area contributed by atoms with Gasteiger partial charge in [-0.05, 0) is 51.0 Å². The molecule has 0 saturated carbocycles. The minimum Gasteiger partial charge on any atom is -0.463 e. The van der Waals surface area contributed by atoms with E-state index in [0.29, 0.717) is 0 Å². The fourth-order valence-corrected chi connectivity index (χ4v) is 10.0. The van der Waals surface area contributed by atoms with Crippen molar-refractivity contribution in [1.29, 1.82) is 0 Å². The Morgan fingerprint density at radius 2 is 1.40 bits per heavy atom. The van der Waals surface area contributed by atoms with Crippen LogP contribution >= 0.6 is 11.8 Å². The Hall–Kier alpha value is -2.69. The molecule has 14 nitrogen and oxygen atoms in total. The SMILES string of the molecule is CCCCCCCCCCCCCC[C@H]1OC(C)(C)OC1[C@@H](CO[Si](C)(C)OC1[C@@H](OC(C)=O)[C@@H](OC(C)=O)C(COC(C)=O)O[C@H]1Sc1ccccc1)N=[N+]=[N-]. The molecule has 0 radical (unpaired) electrons. The molecule has 0 spiro atoms. The maximum absolute atomic E-state index is 12.6. The molecule has 1 aromatic carbocycles. The van der Waals surface area contributed by atoms with Crippen molar-refractivity contribution in [2.45, 2.75) is 197 Å². The minimum atomic E-state index is -3.22. The van der Waals surface area contributed by atoms with Crippen molar-refractivity contribution < 1.29 is 51.7 Å². The predicted octanol–water partition coefficient (Wildman–Crippen LogP) is 9.32. The van der Waals surface area contributed by atoms with E-state index in [4.69, 9.17) is 37.3 Å². The number of hydrogen-bond donors (Lipinski definition) is 0. The second kappa shape index (κ2) is 25.0. The second-order valence-corrected chi connectivity index (χ2v) is 20.3. The Morgan fingerprint density at radius 3 is 1.96 bits per heavy atom. The highest BCUT2D eigenvalue weighted by Crippen LogP contribution is 2.39. The highest BCUT2D eigenvalue weighted by molar-refractivity contribution is 7.99. The van der Waals surface area contributed by atoms with Gasteiger partial charge >= 0.3 is 26.5 Å². The standard InChI is InChI=1S/C41H67N3O11SSi/c1-9-10-11-12-13-14-15-16-17-18-19-23-26-34-36(54-41(5,6)53-34)33(43-44-42)27-49-57(7,8)55-39-38(51-31(4)47)37(50-30(3)46)35(28-48-29(2)45)52-40(39)56-32-24-21-20-22-25-32/h20-22,24-25,33-40H,9-19,23,26-28H2,1-8H3/t33-,34-,35?,36?,37+,38+,39?,40+/m1/s1. The topological polar surface area (TPSA) is 174 Å². The number of rotatable bonds is 26. The molecule has 2 aliphatic rings. The van der Waals surface area contributed by atoms with Gasteiger partial charge in [-0.2, -0.15) is 0 Å². The fourth-order valence-electron chi connectivity index (χ4n) is 7.23. The third-order valence-corrected chi connectivity index (χ3v) is 12.7. The van der Waals surface area contributed by atoms with Gasteiger partial charge in [0.05, 0.1) is 18.2 Å². The first kappa shape index (κ1) is 48.7. The van der Waals surface area contributed by atoms with Crippen LogP contribution in [0.25, 0.3) is 10.4 Å². The Labute approximate surface area is 344 Å².